The topological polar surface area (TPSA) is 55.9 Å². The van der Waals surface area contributed by atoms with Gasteiger partial charge < -0.3 is 20.0 Å². The van der Waals surface area contributed by atoms with E-state index in [4.69, 9.17) is 0 Å². The van der Waals surface area contributed by atoms with E-state index in [0.717, 1.165) is 36.3 Å². The lowest BCUT2D eigenvalue weighted by Crippen LogP contribution is -2.35. The van der Waals surface area contributed by atoms with Crippen LogP contribution in [0.3, 0.4) is 0 Å². The van der Waals surface area contributed by atoms with E-state index in [9.17, 15) is 9.59 Å². The van der Waals surface area contributed by atoms with Gasteiger partial charge in [-0.2, -0.15) is 0 Å². The zero-order valence-electron chi connectivity index (χ0n) is 16.0. The molecule has 6 nitrogen and oxygen atoms in total. The summed E-state index contributed by atoms with van der Waals surface area (Å²) < 4.78 is 0. The van der Waals surface area contributed by atoms with E-state index in [1.165, 1.54) is 0 Å². The highest BCUT2D eigenvalue weighted by Gasteiger charge is 2.29. The van der Waals surface area contributed by atoms with Gasteiger partial charge in [0, 0.05) is 57.9 Å². The molecule has 1 aromatic rings. The molecule has 25 heavy (non-hydrogen) atoms. The van der Waals surface area contributed by atoms with Gasteiger partial charge in [-0.3, -0.25) is 9.59 Å². The number of nitrogens with one attached hydrogen (secondary N) is 1. The van der Waals surface area contributed by atoms with Crippen LogP contribution in [0.1, 0.15) is 25.3 Å². The van der Waals surface area contributed by atoms with Crippen LogP contribution in [0.4, 0.5) is 11.4 Å². The summed E-state index contributed by atoms with van der Waals surface area (Å²) in [6.45, 7) is 3.62. The molecular formula is C19H30N4O2. The third-order valence-corrected chi connectivity index (χ3v) is 4.40. The molecular weight excluding hydrogens is 316 g/mol. The Kier molecular flexibility index (Phi) is 6.42. The molecule has 1 saturated carbocycles. The van der Waals surface area contributed by atoms with Crippen LogP contribution in [0.15, 0.2) is 18.2 Å². The summed E-state index contributed by atoms with van der Waals surface area (Å²) in [4.78, 5) is 30.0. The molecule has 0 aliphatic heterocycles. The molecule has 1 aliphatic carbocycles. The van der Waals surface area contributed by atoms with Crippen molar-refractivity contribution in [2.75, 3.05) is 51.5 Å². The summed E-state index contributed by atoms with van der Waals surface area (Å²) in [6.07, 6.45) is 1.97. The lowest BCUT2D eigenvalue weighted by molar-refractivity contribution is -0.129. The van der Waals surface area contributed by atoms with Crippen LogP contribution >= 0.6 is 0 Å². The maximum Gasteiger partial charge on any atom is 0.227 e. The summed E-state index contributed by atoms with van der Waals surface area (Å²) >= 11 is 0. The Morgan fingerprint density at radius 3 is 2.32 bits per heavy atom. The van der Waals surface area contributed by atoms with Crippen molar-refractivity contribution in [3.05, 3.63) is 23.8 Å². The fourth-order valence-corrected chi connectivity index (χ4v) is 2.69. The maximum absolute atomic E-state index is 12.0. The van der Waals surface area contributed by atoms with Crippen LogP contribution in [0.25, 0.3) is 0 Å². The number of carbonyl (C=O) groups is 2. The van der Waals surface area contributed by atoms with Crippen LogP contribution in [-0.2, 0) is 16.1 Å². The van der Waals surface area contributed by atoms with Crippen LogP contribution in [0.5, 0.6) is 0 Å². The SMILES string of the molecule is CC(=O)N(CCN(C)C)Cc1cc(NC(=O)C2CC2)ccc1N(C)C. The van der Waals surface area contributed by atoms with Crippen molar-refractivity contribution < 1.29 is 9.59 Å². The van der Waals surface area contributed by atoms with E-state index in [0.29, 0.717) is 13.1 Å². The summed E-state index contributed by atoms with van der Waals surface area (Å²) in [5, 5.41) is 2.99. The van der Waals surface area contributed by atoms with Gasteiger partial charge in [0.25, 0.3) is 0 Å². The second-order valence-electron chi connectivity index (χ2n) is 7.25. The highest BCUT2D eigenvalue weighted by atomic mass is 16.2. The van der Waals surface area contributed by atoms with E-state index in [1.807, 2.05) is 56.2 Å². The molecule has 0 saturated heterocycles. The minimum Gasteiger partial charge on any atom is -0.377 e. The van der Waals surface area contributed by atoms with E-state index in [-0.39, 0.29) is 17.7 Å². The smallest absolute Gasteiger partial charge is 0.227 e. The molecule has 0 bridgehead atoms. The van der Waals surface area contributed by atoms with Gasteiger partial charge in [0.15, 0.2) is 0 Å². The van der Waals surface area contributed by atoms with Gasteiger partial charge in [0.2, 0.25) is 11.8 Å². The number of amides is 2. The summed E-state index contributed by atoms with van der Waals surface area (Å²) in [5.41, 5.74) is 2.89. The molecule has 0 spiro atoms. The zero-order valence-corrected chi connectivity index (χ0v) is 16.0. The second kappa shape index (κ2) is 8.34. The summed E-state index contributed by atoms with van der Waals surface area (Å²) in [7, 11) is 7.97. The first-order valence-corrected chi connectivity index (χ1v) is 8.79. The maximum atomic E-state index is 12.0. The number of likely N-dealkylation sites (N-methyl/N-ethyl adjacent to an activating group) is 1. The van der Waals surface area contributed by atoms with Crippen LogP contribution in [-0.4, -0.2) is 62.9 Å². The van der Waals surface area contributed by atoms with Gasteiger partial charge in [0.05, 0.1) is 0 Å². The van der Waals surface area contributed by atoms with Crippen molar-refractivity contribution in [1.29, 1.82) is 0 Å². The van der Waals surface area contributed by atoms with Gasteiger partial charge in [-0.1, -0.05) is 0 Å². The molecule has 2 rings (SSSR count). The first-order valence-electron chi connectivity index (χ1n) is 8.79. The Morgan fingerprint density at radius 1 is 1.12 bits per heavy atom. The van der Waals surface area contributed by atoms with E-state index >= 15 is 0 Å². The monoisotopic (exact) mass is 346 g/mol. The molecule has 0 radical (unpaired) electrons. The first-order chi connectivity index (χ1) is 11.8. The van der Waals surface area contributed by atoms with Crippen LogP contribution in [0.2, 0.25) is 0 Å². The van der Waals surface area contributed by atoms with Gasteiger partial charge in [-0.25, -0.2) is 0 Å². The second-order valence-corrected chi connectivity index (χ2v) is 7.25. The molecule has 1 aliphatic rings. The predicted octanol–water partition coefficient (Wildman–Crippen LogP) is 2.01. The number of anilines is 2. The standard InChI is InChI=1S/C19H30N4O2/c1-14(24)23(11-10-21(2)3)13-16-12-17(8-9-18(16)22(4)5)20-19(25)15-6-7-15/h8-9,12,15H,6-7,10-11,13H2,1-5H3,(H,20,25). The third kappa shape index (κ3) is 5.74. The predicted molar refractivity (Wildman–Crippen MR) is 102 cm³/mol. The van der Waals surface area contributed by atoms with Gasteiger partial charge in [0.1, 0.15) is 0 Å². The summed E-state index contributed by atoms with van der Waals surface area (Å²) in [5.74, 6) is 0.323. The molecule has 1 N–H and O–H groups in total. The molecule has 6 heteroatoms. The molecule has 1 fully saturated rings. The highest BCUT2D eigenvalue weighted by Crippen LogP contribution is 2.31. The molecule has 138 valence electrons. The molecule has 0 unspecified atom stereocenters. The molecule has 0 aromatic heterocycles. The fourth-order valence-electron chi connectivity index (χ4n) is 2.69. The minimum atomic E-state index is 0.0546. The summed E-state index contributed by atoms with van der Waals surface area (Å²) in [6, 6.07) is 5.92. The number of rotatable bonds is 8. The number of benzene rings is 1. The van der Waals surface area contributed by atoms with Crippen molar-refractivity contribution in [1.82, 2.24) is 9.80 Å². The number of hydrogen-bond acceptors (Lipinski definition) is 4. The Morgan fingerprint density at radius 2 is 1.80 bits per heavy atom. The van der Waals surface area contributed by atoms with Gasteiger partial charge >= 0.3 is 0 Å². The average molecular weight is 346 g/mol. The number of nitrogens with zero attached hydrogens (tertiary/aromatic N) is 3. The zero-order chi connectivity index (χ0) is 18.6. The van der Waals surface area contributed by atoms with E-state index in [1.54, 1.807) is 6.92 Å². The minimum absolute atomic E-state index is 0.0546. The Hall–Kier alpha value is -2.08. The third-order valence-electron chi connectivity index (χ3n) is 4.40. The lowest BCUT2D eigenvalue weighted by Gasteiger charge is -2.26. The quantitative estimate of drug-likeness (QED) is 0.782. The van der Waals surface area contributed by atoms with E-state index < -0.39 is 0 Å². The highest BCUT2D eigenvalue weighted by molar-refractivity contribution is 5.94. The lowest BCUT2D eigenvalue weighted by atomic mass is 10.1. The molecule has 0 atom stereocenters. The molecule has 0 heterocycles. The average Bonchev–Trinajstić information content (AvgIpc) is 3.35. The number of hydrogen-bond donors (Lipinski definition) is 1. The first kappa shape index (κ1) is 19.2. The van der Waals surface area contributed by atoms with Crippen molar-refractivity contribution >= 4 is 23.2 Å². The molecule has 2 amide bonds. The van der Waals surface area contributed by atoms with Crippen LogP contribution in [0, 0.1) is 5.92 Å². The van der Waals surface area contributed by atoms with Crippen molar-refractivity contribution in [2.45, 2.75) is 26.3 Å². The Balaban J connectivity index is 2.18. The normalized spacial score (nSPS) is 13.7. The van der Waals surface area contributed by atoms with Crippen LogP contribution < -0.4 is 10.2 Å². The van der Waals surface area contributed by atoms with Gasteiger partial charge in [-0.05, 0) is 50.7 Å². The van der Waals surface area contributed by atoms with Crippen molar-refractivity contribution in [3.8, 4) is 0 Å². The van der Waals surface area contributed by atoms with Gasteiger partial charge in [-0.15, -0.1) is 0 Å². The number of carbonyl (C=O) groups excluding carboxylic acids is 2. The fraction of sp³-hybridized carbons (Fsp3) is 0.579. The van der Waals surface area contributed by atoms with Crippen molar-refractivity contribution in [3.63, 3.8) is 0 Å². The Bertz CT molecular complexity index is 624. The molecule has 1 aromatic carbocycles. The van der Waals surface area contributed by atoms with Crippen molar-refractivity contribution in [2.24, 2.45) is 5.92 Å². The largest absolute Gasteiger partial charge is 0.377 e. The Labute approximate surface area is 150 Å². The van der Waals surface area contributed by atoms with E-state index in [2.05, 4.69) is 10.2 Å².